The quantitative estimate of drug-likeness (QED) is 0.366. The van der Waals surface area contributed by atoms with Crippen LogP contribution in [0.25, 0.3) is 21.5 Å². The normalized spacial score (nSPS) is 11.0. The molecule has 0 aliphatic heterocycles. The highest BCUT2D eigenvalue weighted by atomic mass is 35.5. The number of fused-ring (bicyclic) bond motifs is 2. The average molecular weight is 333 g/mol. The largest absolute Gasteiger partial charge is 0.321 e. The molecule has 0 saturated carbocycles. The predicted molar refractivity (Wildman–Crippen MR) is 103 cm³/mol. The van der Waals surface area contributed by atoms with Gasteiger partial charge in [0, 0.05) is 23.0 Å². The van der Waals surface area contributed by atoms with Crippen LogP contribution in [0, 0.1) is 0 Å². The number of hydrogen-bond donors (Lipinski definition) is 2. The van der Waals surface area contributed by atoms with Gasteiger partial charge in [-0.3, -0.25) is 0 Å². The second-order valence-electron chi connectivity index (χ2n) is 5.73. The van der Waals surface area contributed by atoms with Crippen molar-refractivity contribution in [2.45, 2.75) is 6.54 Å². The summed E-state index contributed by atoms with van der Waals surface area (Å²) in [5.41, 5.74) is 8.87. The van der Waals surface area contributed by atoms with Crippen LogP contribution in [0.3, 0.4) is 0 Å². The SMILES string of the molecule is Clc1c2ccccc2c(CNNc2ccccc2)c2ccccc12. The fourth-order valence-electron chi connectivity index (χ4n) is 3.11. The molecule has 3 heteroatoms. The van der Waals surface area contributed by atoms with Gasteiger partial charge in [-0.2, -0.15) is 0 Å². The maximum atomic E-state index is 6.64. The molecule has 2 N–H and O–H groups in total. The van der Waals surface area contributed by atoms with Gasteiger partial charge >= 0.3 is 0 Å². The third-order valence-electron chi connectivity index (χ3n) is 4.25. The Morgan fingerprint density at radius 1 is 0.625 bits per heavy atom. The Balaban J connectivity index is 1.76. The molecule has 118 valence electrons. The Labute approximate surface area is 146 Å². The minimum Gasteiger partial charge on any atom is -0.321 e. The number of anilines is 1. The molecule has 4 rings (SSSR count). The van der Waals surface area contributed by atoms with E-state index in [-0.39, 0.29) is 0 Å². The van der Waals surface area contributed by atoms with Crippen LogP contribution in [0.5, 0.6) is 0 Å². The van der Waals surface area contributed by atoms with Gasteiger partial charge in [-0.25, -0.2) is 5.43 Å². The van der Waals surface area contributed by atoms with Crippen molar-refractivity contribution in [2.24, 2.45) is 0 Å². The molecule has 0 bridgehead atoms. The molecule has 0 heterocycles. The zero-order valence-corrected chi connectivity index (χ0v) is 13.8. The summed E-state index contributed by atoms with van der Waals surface area (Å²) in [7, 11) is 0. The molecule has 24 heavy (non-hydrogen) atoms. The minimum atomic E-state index is 0.701. The van der Waals surface area contributed by atoms with Gasteiger partial charge in [0.2, 0.25) is 0 Å². The van der Waals surface area contributed by atoms with E-state index < -0.39 is 0 Å². The van der Waals surface area contributed by atoms with Crippen molar-refractivity contribution >= 4 is 38.8 Å². The average Bonchev–Trinajstić information content (AvgIpc) is 2.65. The number of nitrogens with one attached hydrogen (secondary N) is 2. The monoisotopic (exact) mass is 332 g/mol. The van der Waals surface area contributed by atoms with Crippen molar-refractivity contribution < 1.29 is 0 Å². The van der Waals surface area contributed by atoms with Crippen LogP contribution in [-0.2, 0) is 6.54 Å². The molecular formula is C21H17ClN2. The van der Waals surface area contributed by atoms with Crippen molar-refractivity contribution in [1.82, 2.24) is 5.43 Å². The number of para-hydroxylation sites is 1. The van der Waals surface area contributed by atoms with E-state index in [1.165, 1.54) is 16.3 Å². The molecule has 4 aromatic rings. The fourth-order valence-corrected chi connectivity index (χ4v) is 3.44. The van der Waals surface area contributed by atoms with Crippen molar-refractivity contribution in [1.29, 1.82) is 0 Å². The summed E-state index contributed by atoms with van der Waals surface area (Å²) in [4.78, 5) is 0. The summed E-state index contributed by atoms with van der Waals surface area (Å²) in [5, 5.41) is 5.37. The van der Waals surface area contributed by atoms with Crippen LogP contribution in [-0.4, -0.2) is 0 Å². The lowest BCUT2D eigenvalue weighted by molar-refractivity contribution is 0.811. The number of benzene rings is 4. The zero-order valence-electron chi connectivity index (χ0n) is 13.1. The fraction of sp³-hybridized carbons (Fsp3) is 0.0476. The smallest absolute Gasteiger partial charge is 0.0562 e. The maximum Gasteiger partial charge on any atom is 0.0562 e. The van der Waals surface area contributed by atoms with E-state index in [2.05, 4.69) is 47.2 Å². The number of hydrazine groups is 1. The summed E-state index contributed by atoms with van der Waals surface area (Å²) in [6.07, 6.45) is 0. The third-order valence-corrected chi connectivity index (χ3v) is 4.66. The Bertz CT molecular complexity index is 939. The Morgan fingerprint density at radius 2 is 1.12 bits per heavy atom. The van der Waals surface area contributed by atoms with Gasteiger partial charge in [-0.15, -0.1) is 0 Å². The zero-order chi connectivity index (χ0) is 16.4. The first-order valence-corrected chi connectivity index (χ1v) is 8.34. The van der Waals surface area contributed by atoms with Gasteiger partial charge in [0.15, 0.2) is 0 Å². The molecule has 0 aliphatic rings. The van der Waals surface area contributed by atoms with Crippen LogP contribution >= 0.6 is 11.6 Å². The van der Waals surface area contributed by atoms with E-state index in [0.717, 1.165) is 21.5 Å². The highest BCUT2D eigenvalue weighted by Gasteiger charge is 2.11. The first kappa shape index (κ1) is 15.0. The highest BCUT2D eigenvalue weighted by Crippen LogP contribution is 2.35. The molecule has 0 amide bonds. The lowest BCUT2D eigenvalue weighted by Gasteiger charge is -2.15. The predicted octanol–water partition coefficient (Wildman–Crippen LogP) is 5.76. The van der Waals surface area contributed by atoms with Gasteiger partial charge in [0.05, 0.1) is 5.02 Å². The van der Waals surface area contributed by atoms with Crippen molar-refractivity contribution in [3.8, 4) is 0 Å². The highest BCUT2D eigenvalue weighted by molar-refractivity contribution is 6.41. The molecule has 0 unspecified atom stereocenters. The van der Waals surface area contributed by atoms with Crippen LogP contribution < -0.4 is 10.9 Å². The lowest BCUT2D eigenvalue weighted by atomic mass is 9.96. The van der Waals surface area contributed by atoms with E-state index in [1.54, 1.807) is 0 Å². The molecule has 2 nitrogen and oxygen atoms in total. The minimum absolute atomic E-state index is 0.701. The standard InChI is InChI=1S/C21H17ClN2/c22-21-18-12-6-4-10-16(18)20(17-11-5-7-13-19(17)21)14-23-24-15-8-2-1-3-9-15/h1-13,23-24H,14H2. The van der Waals surface area contributed by atoms with E-state index in [0.29, 0.717) is 6.54 Å². The molecule has 4 aromatic carbocycles. The van der Waals surface area contributed by atoms with Crippen LogP contribution in [0.15, 0.2) is 78.9 Å². The van der Waals surface area contributed by atoms with E-state index >= 15 is 0 Å². The molecular weight excluding hydrogens is 316 g/mol. The van der Waals surface area contributed by atoms with Gasteiger partial charge in [-0.05, 0) is 28.5 Å². The molecule has 0 fully saturated rings. The van der Waals surface area contributed by atoms with Crippen molar-refractivity contribution in [3.05, 3.63) is 89.4 Å². The summed E-state index contributed by atoms with van der Waals surface area (Å²) in [6, 6.07) is 26.7. The van der Waals surface area contributed by atoms with Gasteiger partial charge in [0.25, 0.3) is 0 Å². The van der Waals surface area contributed by atoms with Crippen LogP contribution in [0.1, 0.15) is 5.56 Å². The van der Waals surface area contributed by atoms with Crippen LogP contribution in [0.4, 0.5) is 5.69 Å². The summed E-state index contributed by atoms with van der Waals surface area (Å²) in [6.45, 7) is 0.701. The van der Waals surface area contributed by atoms with Crippen LogP contribution in [0.2, 0.25) is 5.02 Å². The maximum absolute atomic E-state index is 6.64. The Hall–Kier alpha value is -2.55. The van der Waals surface area contributed by atoms with Crippen molar-refractivity contribution in [3.63, 3.8) is 0 Å². The van der Waals surface area contributed by atoms with Gasteiger partial charge in [-0.1, -0.05) is 78.3 Å². The van der Waals surface area contributed by atoms with Gasteiger partial charge in [0.1, 0.15) is 0 Å². The topological polar surface area (TPSA) is 24.1 Å². The first-order valence-electron chi connectivity index (χ1n) is 7.96. The molecule has 0 radical (unpaired) electrons. The number of hydrogen-bond acceptors (Lipinski definition) is 2. The number of rotatable bonds is 4. The summed E-state index contributed by atoms with van der Waals surface area (Å²) in [5.74, 6) is 0. The second-order valence-corrected chi connectivity index (χ2v) is 6.11. The van der Waals surface area contributed by atoms with E-state index in [9.17, 15) is 0 Å². The summed E-state index contributed by atoms with van der Waals surface area (Å²) < 4.78 is 0. The summed E-state index contributed by atoms with van der Waals surface area (Å²) >= 11 is 6.64. The molecule has 0 aromatic heterocycles. The van der Waals surface area contributed by atoms with E-state index in [4.69, 9.17) is 11.6 Å². The first-order chi connectivity index (χ1) is 11.8. The third kappa shape index (κ3) is 2.71. The Kier molecular flexibility index (Phi) is 4.08. The van der Waals surface area contributed by atoms with E-state index in [1.807, 2.05) is 42.5 Å². The molecule has 0 spiro atoms. The lowest BCUT2D eigenvalue weighted by Crippen LogP contribution is -2.21. The van der Waals surface area contributed by atoms with Crippen molar-refractivity contribution in [2.75, 3.05) is 5.43 Å². The molecule has 0 saturated heterocycles. The molecule has 0 aliphatic carbocycles. The second kappa shape index (κ2) is 6.52. The number of halogens is 1. The molecule has 0 atom stereocenters. The van der Waals surface area contributed by atoms with Gasteiger partial charge < -0.3 is 5.43 Å². The Morgan fingerprint density at radius 3 is 1.71 bits per heavy atom.